The molecule has 11 nitrogen and oxygen atoms in total. The summed E-state index contributed by atoms with van der Waals surface area (Å²) in [5.74, 6) is 5.66. The molecule has 0 spiro atoms. The molecule has 12 heteroatoms. The van der Waals surface area contributed by atoms with Crippen molar-refractivity contribution in [3.05, 3.63) is 71.5 Å². The monoisotopic (exact) mass is 580 g/mol. The Labute approximate surface area is 238 Å². The Morgan fingerprint density at radius 2 is 1.66 bits per heavy atom. The van der Waals surface area contributed by atoms with E-state index in [1.54, 1.807) is 71.0 Å². The molecular formula is C29H32N4O7S. The SMILES string of the molecule is CC(C)S(=O)(=O)c1ccc(-c2cnc(NC(=O)O)c(C#Cc3ccc(C(O)CNC(=O)OC(C)(C)C)cc3)n2)cc1. The fraction of sp³-hybridized carbons (Fsp3) is 0.310. The number of ether oxygens (including phenoxy) is 1. The average molecular weight is 581 g/mol. The van der Waals surface area contributed by atoms with Gasteiger partial charge >= 0.3 is 12.2 Å². The van der Waals surface area contributed by atoms with Crippen LogP contribution in [0.1, 0.15) is 57.5 Å². The van der Waals surface area contributed by atoms with Gasteiger partial charge in [0.2, 0.25) is 0 Å². The lowest BCUT2D eigenvalue weighted by atomic mass is 10.1. The number of carbonyl (C=O) groups is 2. The van der Waals surface area contributed by atoms with E-state index in [0.29, 0.717) is 22.4 Å². The molecule has 0 saturated heterocycles. The number of aromatic nitrogens is 2. The van der Waals surface area contributed by atoms with Crippen molar-refractivity contribution >= 4 is 27.8 Å². The molecule has 3 aromatic rings. The maximum absolute atomic E-state index is 12.4. The average Bonchev–Trinajstić information content (AvgIpc) is 2.90. The molecule has 41 heavy (non-hydrogen) atoms. The Morgan fingerprint density at radius 3 is 2.22 bits per heavy atom. The summed E-state index contributed by atoms with van der Waals surface area (Å²) in [7, 11) is -3.44. The Morgan fingerprint density at radius 1 is 1.02 bits per heavy atom. The summed E-state index contributed by atoms with van der Waals surface area (Å²) in [4.78, 5) is 31.9. The molecule has 0 aliphatic carbocycles. The van der Waals surface area contributed by atoms with E-state index in [2.05, 4.69) is 32.4 Å². The molecule has 0 fully saturated rings. The number of carbonyl (C=O) groups excluding carboxylic acids is 1. The number of aliphatic hydroxyl groups is 1. The molecule has 2 aromatic carbocycles. The molecule has 0 aliphatic heterocycles. The van der Waals surface area contributed by atoms with Crippen LogP contribution in [-0.2, 0) is 14.6 Å². The number of alkyl carbamates (subject to hydrolysis) is 1. The lowest BCUT2D eigenvalue weighted by Gasteiger charge is -2.20. The predicted octanol–water partition coefficient (Wildman–Crippen LogP) is 4.37. The second-order valence-corrected chi connectivity index (χ2v) is 12.8. The molecule has 0 saturated carbocycles. The van der Waals surface area contributed by atoms with E-state index in [1.807, 2.05) is 0 Å². The third-order valence-corrected chi connectivity index (χ3v) is 7.73. The maximum atomic E-state index is 12.4. The van der Waals surface area contributed by atoms with Crippen molar-refractivity contribution in [1.82, 2.24) is 15.3 Å². The number of carboxylic acid groups (broad SMARTS) is 1. The molecule has 1 aromatic heterocycles. The number of hydrogen-bond donors (Lipinski definition) is 4. The minimum Gasteiger partial charge on any atom is -0.465 e. The van der Waals surface area contributed by atoms with Crippen molar-refractivity contribution in [2.45, 2.75) is 56.5 Å². The number of aliphatic hydroxyl groups excluding tert-OH is 1. The van der Waals surface area contributed by atoms with Gasteiger partial charge in [-0.1, -0.05) is 30.2 Å². The summed E-state index contributed by atoms with van der Waals surface area (Å²) in [6.07, 6.45) is -1.58. The molecule has 1 heterocycles. The fourth-order valence-corrected chi connectivity index (χ4v) is 4.49. The van der Waals surface area contributed by atoms with E-state index in [1.165, 1.54) is 18.3 Å². The van der Waals surface area contributed by atoms with E-state index in [9.17, 15) is 28.2 Å². The van der Waals surface area contributed by atoms with Crippen LogP contribution in [0.15, 0.2) is 59.6 Å². The summed E-state index contributed by atoms with van der Waals surface area (Å²) in [5, 5.41) is 23.7. The quantitative estimate of drug-likeness (QED) is 0.297. The zero-order chi connectivity index (χ0) is 30.4. The van der Waals surface area contributed by atoms with Crippen LogP contribution in [0.4, 0.5) is 15.4 Å². The first-order valence-corrected chi connectivity index (χ1v) is 14.2. The highest BCUT2D eigenvalue weighted by molar-refractivity contribution is 7.92. The summed E-state index contributed by atoms with van der Waals surface area (Å²) in [5.41, 5.74) is 1.45. The second kappa shape index (κ2) is 12.8. The molecule has 0 aliphatic rings. The number of anilines is 1. The van der Waals surface area contributed by atoms with Crippen molar-refractivity contribution in [1.29, 1.82) is 0 Å². The van der Waals surface area contributed by atoms with E-state index >= 15 is 0 Å². The van der Waals surface area contributed by atoms with Gasteiger partial charge in [-0.25, -0.2) is 28.0 Å². The standard InChI is InChI=1S/C29H32N4O7S/c1-18(2)41(38,39)22-13-11-20(12-14-22)24-16-30-26(33-27(35)36)23(32-24)15-8-19-6-9-21(10-7-19)25(34)17-31-28(37)40-29(3,4)5/h6-7,9-14,16,18,25,34H,17H2,1-5H3,(H,30,33)(H,31,37)(H,35,36). The smallest absolute Gasteiger partial charge is 0.410 e. The zero-order valence-electron chi connectivity index (χ0n) is 23.3. The van der Waals surface area contributed by atoms with Crippen LogP contribution in [0.3, 0.4) is 0 Å². The van der Waals surface area contributed by atoms with Gasteiger partial charge in [0.1, 0.15) is 5.60 Å². The molecule has 2 amide bonds. The van der Waals surface area contributed by atoms with Gasteiger partial charge in [-0.3, -0.25) is 5.32 Å². The molecule has 0 bridgehead atoms. The molecule has 1 unspecified atom stereocenters. The first kappa shape index (κ1) is 31.1. The Hall–Kier alpha value is -4.47. The van der Waals surface area contributed by atoms with Crippen molar-refractivity contribution in [3.63, 3.8) is 0 Å². The highest BCUT2D eigenvalue weighted by atomic mass is 32.2. The summed E-state index contributed by atoms with van der Waals surface area (Å²) < 4.78 is 30.0. The van der Waals surface area contributed by atoms with Crippen LogP contribution in [0.25, 0.3) is 11.3 Å². The van der Waals surface area contributed by atoms with Crippen LogP contribution in [-0.4, -0.2) is 58.2 Å². The van der Waals surface area contributed by atoms with Crippen molar-refractivity contribution in [2.24, 2.45) is 0 Å². The minimum absolute atomic E-state index is 0.0447. The van der Waals surface area contributed by atoms with Crippen molar-refractivity contribution < 1.29 is 33.0 Å². The Balaban J connectivity index is 1.81. The highest BCUT2D eigenvalue weighted by Gasteiger charge is 2.20. The van der Waals surface area contributed by atoms with Gasteiger partial charge < -0.3 is 20.3 Å². The van der Waals surface area contributed by atoms with Crippen molar-refractivity contribution in [2.75, 3.05) is 11.9 Å². The van der Waals surface area contributed by atoms with E-state index in [-0.39, 0.29) is 23.0 Å². The number of benzene rings is 2. The van der Waals surface area contributed by atoms with Crippen LogP contribution in [0.2, 0.25) is 0 Å². The zero-order valence-corrected chi connectivity index (χ0v) is 24.1. The van der Waals surface area contributed by atoms with Crippen LogP contribution in [0.5, 0.6) is 0 Å². The summed E-state index contributed by atoms with van der Waals surface area (Å²) in [6.45, 7) is 8.39. The number of amides is 2. The van der Waals surface area contributed by atoms with Gasteiger partial charge in [0.25, 0.3) is 0 Å². The number of rotatable bonds is 7. The molecule has 0 radical (unpaired) electrons. The highest BCUT2D eigenvalue weighted by Crippen LogP contribution is 2.23. The van der Waals surface area contributed by atoms with E-state index in [0.717, 1.165) is 0 Å². The first-order valence-electron chi connectivity index (χ1n) is 12.6. The fourth-order valence-electron chi connectivity index (χ4n) is 3.43. The largest absolute Gasteiger partial charge is 0.465 e. The first-order chi connectivity index (χ1) is 19.2. The van der Waals surface area contributed by atoms with E-state index < -0.39 is 39.0 Å². The molecular weight excluding hydrogens is 548 g/mol. The van der Waals surface area contributed by atoms with Gasteiger partial charge in [-0.15, -0.1) is 0 Å². The van der Waals surface area contributed by atoms with Crippen LogP contribution < -0.4 is 10.6 Å². The third kappa shape index (κ3) is 8.76. The van der Waals surface area contributed by atoms with Gasteiger partial charge in [0.15, 0.2) is 21.3 Å². The lowest BCUT2D eigenvalue weighted by molar-refractivity contribution is 0.0491. The lowest BCUT2D eigenvalue weighted by Crippen LogP contribution is -2.34. The number of nitrogens with zero attached hydrogens (tertiary/aromatic N) is 2. The van der Waals surface area contributed by atoms with E-state index in [4.69, 9.17) is 4.74 Å². The Bertz CT molecular complexity index is 1570. The molecule has 4 N–H and O–H groups in total. The van der Waals surface area contributed by atoms with Gasteiger partial charge in [-0.2, -0.15) is 0 Å². The molecule has 216 valence electrons. The predicted molar refractivity (Wildman–Crippen MR) is 153 cm³/mol. The van der Waals surface area contributed by atoms with Gasteiger partial charge in [0, 0.05) is 11.1 Å². The molecule has 1 atom stereocenters. The van der Waals surface area contributed by atoms with Gasteiger partial charge in [-0.05, 0) is 70.4 Å². The second-order valence-electron chi connectivity index (χ2n) is 10.3. The number of sulfone groups is 1. The Kier molecular flexibility index (Phi) is 9.70. The molecule has 3 rings (SSSR count). The number of hydrogen-bond acceptors (Lipinski definition) is 8. The third-order valence-electron chi connectivity index (χ3n) is 5.56. The minimum atomic E-state index is -3.44. The van der Waals surface area contributed by atoms with Crippen LogP contribution >= 0.6 is 0 Å². The summed E-state index contributed by atoms with van der Waals surface area (Å²) >= 11 is 0. The summed E-state index contributed by atoms with van der Waals surface area (Å²) in [6, 6.07) is 12.8. The normalized spacial score (nSPS) is 12.2. The van der Waals surface area contributed by atoms with Crippen LogP contribution in [0, 0.1) is 11.8 Å². The maximum Gasteiger partial charge on any atom is 0.410 e. The van der Waals surface area contributed by atoms with Gasteiger partial charge in [0.05, 0.1) is 34.7 Å². The number of nitrogens with one attached hydrogen (secondary N) is 2. The topological polar surface area (TPSA) is 168 Å². The van der Waals surface area contributed by atoms with Crippen molar-refractivity contribution in [3.8, 4) is 23.1 Å².